The Hall–Kier alpha value is -3.04. The van der Waals surface area contributed by atoms with Gasteiger partial charge in [-0.2, -0.15) is 0 Å². The number of carbonyl (C=O) groups is 2. The van der Waals surface area contributed by atoms with Gasteiger partial charge in [0.05, 0.1) is 4.90 Å². The Bertz CT molecular complexity index is 1030. The van der Waals surface area contributed by atoms with E-state index < -0.39 is 33.8 Å². The number of rotatable bonds is 8. The fourth-order valence-corrected chi connectivity index (χ4v) is 3.63. The minimum Gasteiger partial charge on any atom is -0.449 e. The maximum absolute atomic E-state index is 13.5. The van der Waals surface area contributed by atoms with Crippen LogP contribution in [0.15, 0.2) is 59.5 Å². The van der Waals surface area contributed by atoms with E-state index in [0.29, 0.717) is 5.69 Å². The van der Waals surface area contributed by atoms with Gasteiger partial charge in [-0.05, 0) is 57.2 Å². The molecule has 9 heteroatoms. The Morgan fingerprint density at radius 3 is 2.27 bits per heavy atom. The van der Waals surface area contributed by atoms with Gasteiger partial charge >= 0.3 is 5.97 Å². The summed E-state index contributed by atoms with van der Waals surface area (Å²) in [5, 5.41) is 2.53. The molecule has 7 nitrogen and oxygen atoms in total. The van der Waals surface area contributed by atoms with E-state index in [0.717, 1.165) is 6.08 Å². The molecule has 0 unspecified atom stereocenters. The molecule has 0 aliphatic carbocycles. The topological polar surface area (TPSA) is 102 Å². The van der Waals surface area contributed by atoms with E-state index in [1.807, 2.05) is 0 Å². The molecule has 1 atom stereocenters. The Labute approximate surface area is 175 Å². The standard InChI is InChI=1S/C21H23FN2O5S/c1-14(2)24-30(27,28)18-11-9-17(10-12-18)23-21(26)15(3)29-20(25)13-8-16-6-4-5-7-19(16)22/h4-15,24H,1-3H3,(H,23,26)/b13-8+/t15-/m1/s1. The minimum absolute atomic E-state index is 0.0620. The summed E-state index contributed by atoms with van der Waals surface area (Å²) in [6.07, 6.45) is 1.17. The summed E-state index contributed by atoms with van der Waals surface area (Å²) in [5.74, 6) is -1.89. The van der Waals surface area contributed by atoms with E-state index >= 15 is 0 Å². The number of amides is 1. The Morgan fingerprint density at radius 2 is 1.67 bits per heavy atom. The molecule has 0 saturated carbocycles. The number of benzene rings is 2. The van der Waals surface area contributed by atoms with Crippen LogP contribution in [0.25, 0.3) is 6.08 Å². The smallest absolute Gasteiger partial charge is 0.331 e. The van der Waals surface area contributed by atoms with Crippen LogP contribution >= 0.6 is 0 Å². The number of esters is 1. The van der Waals surface area contributed by atoms with Crippen molar-refractivity contribution >= 4 is 33.7 Å². The first-order valence-electron chi connectivity index (χ1n) is 9.15. The predicted molar refractivity (Wildman–Crippen MR) is 112 cm³/mol. The van der Waals surface area contributed by atoms with Gasteiger partial charge in [0, 0.05) is 23.4 Å². The van der Waals surface area contributed by atoms with Crippen molar-refractivity contribution in [1.29, 1.82) is 0 Å². The molecule has 0 radical (unpaired) electrons. The number of sulfonamides is 1. The average molecular weight is 434 g/mol. The quantitative estimate of drug-likeness (QED) is 0.491. The normalized spacial score (nSPS) is 12.7. The van der Waals surface area contributed by atoms with Crippen molar-refractivity contribution in [2.75, 3.05) is 5.32 Å². The molecule has 30 heavy (non-hydrogen) atoms. The van der Waals surface area contributed by atoms with Gasteiger partial charge in [0.15, 0.2) is 6.10 Å². The van der Waals surface area contributed by atoms with Crippen LogP contribution in [0.3, 0.4) is 0 Å². The summed E-state index contributed by atoms with van der Waals surface area (Å²) in [7, 11) is -3.64. The van der Waals surface area contributed by atoms with E-state index in [1.54, 1.807) is 19.9 Å². The lowest BCUT2D eigenvalue weighted by Crippen LogP contribution is -2.30. The summed E-state index contributed by atoms with van der Waals surface area (Å²) in [6.45, 7) is 4.80. The zero-order valence-corrected chi connectivity index (χ0v) is 17.6. The van der Waals surface area contributed by atoms with Gasteiger partial charge in [0.25, 0.3) is 5.91 Å². The van der Waals surface area contributed by atoms with Gasteiger partial charge < -0.3 is 10.1 Å². The summed E-state index contributed by atoms with van der Waals surface area (Å²) in [4.78, 5) is 24.1. The first-order chi connectivity index (χ1) is 14.1. The minimum atomic E-state index is -3.64. The monoisotopic (exact) mass is 434 g/mol. The van der Waals surface area contributed by atoms with Gasteiger partial charge in [0.1, 0.15) is 5.82 Å². The molecular weight excluding hydrogens is 411 g/mol. The van der Waals surface area contributed by atoms with E-state index in [1.165, 1.54) is 55.5 Å². The van der Waals surface area contributed by atoms with Crippen molar-refractivity contribution in [3.8, 4) is 0 Å². The second-order valence-electron chi connectivity index (χ2n) is 6.72. The third kappa shape index (κ3) is 6.78. The van der Waals surface area contributed by atoms with Gasteiger partial charge in [-0.1, -0.05) is 18.2 Å². The lowest BCUT2D eigenvalue weighted by Gasteiger charge is -2.13. The second kappa shape index (κ2) is 10.1. The van der Waals surface area contributed by atoms with Crippen LogP contribution < -0.4 is 10.0 Å². The van der Waals surface area contributed by atoms with Crippen LogP contribution in [0.5, 0.6) is 0 Å². The summed E-state index contributed by atoms with van der Waals surface area (Å²) < 4.78 is 45.2. The number of nitrogens with one attached hydrogen (secondary N) is 2. The largest absolute Gasteiger partial charge is 0.449 e. The number of anilines is 1. The van der Waals surface area contributed by atoms with Crippen molar-refractivity contribution in [2.24, 2.45) is 0 Å². The highest BCUT2D eigenvalue weighted by atomic mass is 32.2. The first kappa shape index (κ1) is 23.2. The van der Waals surface area contributed by atoms with Crippen molar-refractivity contribution in [2.45, 2.75) is 37.8 Å². The van der Waals surface area contributed by atoms with Gasteiger partial charge in [-0.25, -0.2) is 22.3 Å². The van der Waals surface area contributed by atoms with Crippen molar-refractivity contribution in [3.05, 3.63) is 66.0 Å². The van der Waals surface area contributed by atoms with Crippen molar-refractivity contribution < 1.29 is 27.1 Å². The fraction of sp³-hybridized carbons (Fsp3) is 0.238. The molecular formula is C21H23FN2O5S. The SMILES string of the molecule is CC(C)NS(=O)(=O)c1ccc(NC(=O)[C@@H](C)OC(=O)/C=C/c2ccccc2F)cc1. The number of ether oxygens (including phenoxy) is 1. The zero-order valence-electron chi connectivity index (χ0n) is 16.8. The van der Waals surface area contributed by atoms with E-state index in [4.69, 9.17) is 4.74 Å². The molecule has 0 aromatic heterocycles. The molecule has 0 aliphatic rings. The highest BCUT2D eigenvalue weighted by molar-refractivity contribution is 7.89. The van der Waals surface area contributed by atoms with Crippen LogP contribution in [0.2, 0.25) is 0 Å². The summed E-state index contributed by atoms with van der Waals surface area (Å²) >= 11 is 0. The molecule has 0 heterocycles. The van der Waals surface area contributed by atoms with Crippen LogP contribution in [0, 0.1) is 5.82 Å². The number of carbonyl (C=O) groups excluding carboxylic acids is 2. The Morgan fingerprint density at radius 1 is 1.03 bits per heavy atom. The van der Waals surface area contributed by atoms with Gasteiger partial charge in [-0.3, -0.25) is 4.79 Å². The Balaban J connectivity index is 1.94. The number of hydrogen-bond donors (Lipinski definition) is 2. The number of halogens is 1. The molecule has 0 fully saturated rings. The van der Waals surface area contributed by atoms with Crippen molar-refractivity contribution in [3.63, 3.8) is 0 Å². The molecule has 1 amide bonds. The number of hydrogen-bond acceptors (Lipinski definition) is 5. The van der Waals surface area contributed by atoms with Crippen LogP contribution in [-0.4, -0.2) is 32.4 Å². The molecule has 2 aromatic carbocycles. The molecule has 0 aliphatic heterocycles. The van der Waals surface area contributed by atoms with E-state index in [-0.39, 0.29) is 16.5 Å². The van der Waals surface area contributed by atoms with E-state index in [2.05, 4.69) is 10.0 Å². The molecule has 2 aromatic rings. The summed E-state index contributed by atoms with van der Waals surface area (Å²) in [6, 6.07) is 11.2. The summed E-state index contributed by atoms with van der Waals surface area (Å²) in [5.41, 5.74) is 0.557. The van der Waals surface area contributed by atoms with Gasteiger partial charge in [-0.15, -0.1) is 0 Å². The predicted octanol–water partition coefficient (Wildman–Crippen LogP) is 3.10. The Kier molecular flexibility index (Phi) is 7.85. The molecule has 0 bridgehead atoms. The van der Waals surface area contributed by atoms with Crippen LogP contribution in [-0.2, 0) is 24.3 Å². The second-order valence-corrected chi connectivity index (χ2v) is 8.44. The zero-order chi connectivity index (χ0) is 22.3. The van der Waals surface area contributed by atoms with Crippen molar-refractivity contribution in [1.82, 2.24) is 4.72 Å². The maximum Gasteiger partial charge on any atom is 0.331 e. The third-order valence-corrected chi connectivity index (χ3v) is 5.46. The average Bonchev–Trinajstić information content (AvgIpc) is 2.66. The van der Waals surface area contributed by atoms with E-state index in [9.17, 15) is 22.4 Å². The highest BCUT2D eigenvalue weighted by Gasteiger charge is 2.18. The van der Waals surface area contributed by atoms with Gasteiger partial charge in [0.2, 0.25) is 10.0 Å². The third-order valence-electron chi connectivity index (χ3n) is 3.79. The van der Waals surface area contributed by atoms with Crippen LogP contribution in [0.4, 0.5) is 10.1 Å². The lowest BCUT2D eigenvalue weighted by molar-refractivity contribution is -0.148. The molecule has 0 spiro atoms. The highest BCUT2D eigenvalue weighted by Crippen LogP contribution is 2.15. The molecule has 2 rings (SSSR count). The first-order valence-corrected chi connectivity index (χ1v) is 10.6. The lowest BCUT2D eigenvalue weighted by atomic mass is 10.2. The van der Waals surface area contributed by atoms with Crippen LogP contribution in [0.1, 0.15) is 26.3 Å². The molecule has 160 valence electrons. The molecule has 2 N–H and O–H groups in total. The fourth-order valence-electron chi connectivity index (χ4n) is 2.37. The molecule has 0 saturated heterocycles. The maximum atomic E-state index is 13.5.